The van der Waals surface area contributed by atoms with E-state index in [2.05, 4.69) is 10.2 Å². The number of H-pyrrole nitrogens is 1. The van der Waals surface area contributed by atoms with Gasteiger partial charge < -0.3 is 14.5 Å². The first-order valence-electron chi connectivity index (χ1n) is 12.0. The quantitative estimate of drug-likeness (QED) is 0.591. The summed E-state index contributed by atoms with van der Waals surface area (Å²) in [6.45, 7) is 9.64. The molecule has 36 heavy (non-hydrogen) atoms. The number of carbonyl (C=O) groups excluding carboxylic acids is 2. The van der Waals surface area contributed by atoms with E-state index in [1.165, 1.54) is 12.1 Å². The van der Waals surface area contributed by atoms with Gasteiger partial charge in [-0.3, -0.25) is 9.59 Å². The molecule has 0 spiro atoms. The fourth-order valence-electron chi connectivity index (χ4n) is 4.49. The minimum absolute atomic E-state index is 0.0361. The number of halogens is 1. The Morgan fingerprint density at radius 1 is 1.06 bits per heavy atom. The third-order valence-corrected chi connectivity index (χ3v) is 6.28. The van der Waals surface area contributed by atoms with E-state index in [0.717, 1.165) is 0 Å². The highest BCUT2D eigenvalue weighted by Gasteiger charge is 2.37. The van der Waals surface area contributed by atoms with Gasteiger partial charge in [0.05, 0.1) is 16.6 Å². The van der Waals surface area contributed by atoms with E-state index in [4.69, 9.17) is 4.74 Å². The topological polar surface area (TPSA) is 95.6 Å². The number of fused-ring (bicyclic) bond motifs is 1. The first-order valence-corrected chi connectivity index (χ1v) is 12.0. The molecule has 0 radical (unpaired) electrons. The van der Waals surface area contributed by atoms with E-state index in [1.54, 1.807) is 48.8 Å². The number of rotatable bonds is 3. The van der Waals surface area contributed by atoms with Crippen molar-refractivity contribution in [2.24, 2.45) is 0 Å². The normalized spacial score (nSPS) is 18.4. The van der Waals surface area contributed by atoms with Gasteiger partial charge in [0.15, 0.2) is 0 Å². The van der Waals surface area contributed by atoms with Gasteiger partial charge in [-0.1, -0.05) is 24.3 Å². The number of hydrogen-bond donors (Lipinski definition) is 1. The molecule has 1 N–H and O–H groups in total. The van der Waals surface area contributed by atoms with E-state index < -0.39 is 23.4 Å². The summed E-state index contributed by atoms with van der Waals surface area (Å²) in [6, 6.07) is 11.0. The summed E-state index contributed by atoms with van der Waals surface area (Å²) < 4.78 is 20.3. The second kappa shape index (κ2) is 9.72. The predicted molar refractivity (Wildman–Crippen MR) is 134 cm³/mol. The summed E-state index contributed by atoms with van der Waals surface area (Å²) >= 11 is 0. The third-order valence-electron chi connectivity index (χ3n) is 6.28. The van der Waals surface area contributed by atoms with Crippen LogP contribution >= 0.6 is 0 Å². The fourth-order valence-corrected chi connectivity index (χ4v) is 4.49. The molecule has 1 aliphatic rings. The number of hydrogen-bond acceptors (Lipinski definition) is 5. The summed E-state index contributed by atoms with van der Waals surface area (Å²) in [4.78, 5) is 41.3. The molecular formula is C27H31FN4O4. The van der Waals surface area contributed by atoms with Crippen LogP contribution in [0.15, 0.2) is 47.3 Å². The molecule has 2 unspecified atom stereocenters. The minimum atomic E-state index is -0.623. The lowest BCUT2D eigenvalue weighted by Crippen LogP contribution is -2.60. The zero-order valence-corrected chi connectivity index (χ0v) is 21.2. The van der Waals surface area contributed by atoms with E-state index >= 15 is 0 Å². The van der Waals surface area contributed by atoms with Crippen LogP contribution in [-0.4, -0.2) is 62.8 Å². The van der Waals surface area contributed by atoms with Crippen LogP contribution in [0.1, 0.15) is 56.2 Å². The highest BCUT2D eigenvalue weighted by molar-refractivity contribution is 5.95. The molecule has 8 nitrogen and oxygen atoms in total. The maximum absolute atomic E-state index is 14.8. The lowest BCUT2D eigenvalue weighted by molar-refractivity contribution is -0.00799. The second-order valence-electron chi connectivity index (χ2n) is 10.3. The Kier molecular flexibility index (Phi) is 6.84. The lowest BCUT2D eigenvalue weighted by Gasteiger charge is -2.44. The maximum atomic E-state index is 14.8. The van der Waals surface area contributed by atoms with E-state index in [0.29, 0.717) is 28.5 Å². The molecule has 1 fully saturated rings. The number of benzene rings is 2. The van der Waals surface area contributed by atoms with E-state index in [-0.39, 0.29) is 36.3 Å². The van der Waals surface area contributed by atoms with Crippen LogP contribution in [0.4, 0.5) is 9.18 Å². The fraction of sp³-hybridized carbons (Fsp3) is 0.407. The molecule has 0 saturated carbocycles. The molecule has 0 bridgehead atoms. The van der Waals surface area contributed by atoms with E-state index in [9.17, 15) is 18.8 Å². The van der Waals surface area contributed by atoms with Crippen molar-refractivity contribution in [3.8, 4) is 0 Å². The van der Waals surface area contributed by atoms with Crippen molar-refractivity contribution in [3.05, 3.63) is 75.5 Å². The smallest absolute Gasteiger partial charge is 0.410 e. The molecule has 3 aromatic rings. The van der Waals surface area contributed by atoms with Crippen molar-refractivity contribution >= 4 is 22.8 Å². The summed E-state index contributed by atoms with van der Waals surface area (Å²) in [5.74, 6) is -1.05. The van der Waals surface area contributed by atoms with Gasteiger partial charge in [0.25, 0.3) is 11.5 Å². The minimum Gasteiger partial charge on any atom is -0.444 e. The highest BCUT2D eigenvalue weighted by atomic mass is 19.1. The SMILES string of the molecule is CC1CN(C(=O)c2cc(Cc3n[nH]c(=O)c4ccccc34)ccc2F)C(C)CN1C(=O)OC(C)(C)C. The van der Waals surface area contributed by atoms with Gasteiger partial charge in [-0.25, -0.2) is 14.3 Å². The van der Waals surface area contributed by atoms with Gasteiger partial charge in [-0.05, 0) is 58.4 Å². The molecule has 2 aromatic carbocycles. The van der Waals surface area contributed by atoms with Crippen molar-refractivity contribution in [2.75, 3.05) is 13.1 Å². The van der Waals surface area contributed by atoms with Crippen molar-refractivity contribution in [1.29, 1.82) is 0 Å². The molecular weight excluding hydrogens is 463 g/mol. The molecule has 2 atom stereocenters. The van der Waals surface area contributed by atoms with Gasteiger partial charge in [-0.2, -0.15) is 5.10 Å². The number of amides is 2. The average molecular weight is 495 g/mol. The van der Waals surface area contributed by atoms with Gasteiger partial charge >= 0.3 is 6.09 Å². The van der Waals surface area contributed by atoms with Crippen LogP contribution in [0.5, 0.6) is 0 Å². The molecule has 2 amide bonds. The Morgan fingerprint density at radius 2 is 1.69 bits per heavy atom. The third kappa shape index (κ3) is 5.24. The number of aromatic nitrogens is 2. The summed E-state index contributed by atoms with van der Waals surface area (Å²) in [7, 11) is 0. The van der Waals surface area contributed by atoms with Crippen molar-refractivity contribution in [3.63, 3.8) is 0 Å². The van der Waals surface area contributed by atoms with Crippen LogP contribution in [0.2, 0.25) is 0 Å². The average Bonchev–Trinajstić information content (AvgIpc) is 2.82. The molecule has 1 aromatic heterocycles. The molecule has 9 heteroatoms. The predicted octanol–water partition coefficient (Wildman–Crippen LogP) is 4.12. The van der Waals surface area contributed by atoms with Gasteiger partial charge in [0.1, 0.15) is 11.4 Å². The summed E-state index contributed by atoms with van der Waals surface area (Å²) in [5.41, 5.74) is 0.382. The molecule has 4 rings (SSSR count). The van der Waals surface area contributed by atoms with Crippen LogP contribution in [-0.2, 0) is 11.2 Å². The zero-order chi connectivity index (χ0) is 26.2. The number of nitrogens with zero attached hydrogens (tertiary/aromatic N) is 3. The second-order valence-corrected chi connectivity index (χ2v) is 10.3. The van der Waals surface area contributed by atoms with E-state index in [1.807, 2.05) is 26.0 Å². The van der Waals surface area contributed by atoms with Crippen molar-refractivity contribution < 1.29 is 18.7 Å². The molecule has 1 saturated heterocycles. The first kappa shape index (κ1) is 25.3. The Morgan fingerprint density at radius 3 is 2.39 bits per heavy atom. The number of nitrogens with one attached hydrogen (secondary N) is 1. The maximum Gasteiger partial charge on any atom is 0.410 e. The van der Waals surface area contributed by atoms with Crippen molar-refractivity contribution in [1.82, 2.24) is 20.0 Å². The number of carbonyl (C=O) groups is 2. The van der Waals surface area contributed by atoms with Crippen LogP contribution in [0.3, 0.4) is 0 Å². The highest BCUT2D eigenvalue weighted by Crippen LogP contribution is 2.24. The lowest BCUT2D eigenvalue weighted by atomic mass is 10.0. The van der Waals surface area contributed by atoms with Crippen LogP contribution in [0, 0.1) is 5.82 Å². The number of aromatic amines is 1. The molecule has 0 aliphatic carbocycles. The monoisotopic (exact) mass is 494 g/mol. The number of ether oxygens (including phenoxy) is 1. The Bertz CT molecular complexity index is 1360. The van der Waals surface area contributed by atoms with Gasteiger partial charge in [0, 0.05) is 37.0 Å². The largest absolute Gasteiger partial charge is 0.444 e. The zero-order valence-electron chi connectivity index (χ0n) is 21.2. The van der Waals surface area contributed by atoms with Gasteiger partial charge in [0.2, 0.25) is 0 Å². The Labute approximate surface area is 209 Å². The first-order chi connectivity index (χ1) is 16.9. The Balaban J connectivity index is 1.56. The summed E-state index contributed by atoms with van der Waals surface area (Å²) in [5, 5.41) is 7.92. The van der Waals surface area contributed by atoms with Crippen LogP contribution < -0.4 is 5.56 Å². The standard InChI is InChI=1S/C27H31FN4O4/c1-16-15-32(26(35)36-27(3,4)5)17(2)14-31(16)25(34)21-12-18(10-11-22(21)28)13-23-19-8-6-7-9-20(19)24(33)30-29-23/h6-12,16-17H,13-15H2,1-5H3,(H,30,33). The van der Waals surface area contributed by atoms with Crippen LogP contribution in [0.25, 0.3) is 10.8 Å². The van der Waals surface area contributed by atoms with Crippen molar-refractivity contribution in [2.45, 2.75) is 58.7 Å². The number of piperazine rings is 1. The Hall–Kier alpha value is -3.75. The molecule has 190 valence electrons. The molecule has 2 heterocycles. The molecule has 1 aliphatic heterocycles. The van der Waals surface area contributed by atoms with Gasteiger partial charge in [-0.15, -0.1) is 0 Å². The summed E-state index contributed by atoms with van der Waals surface area (Å²) in [6.07, 6.45) is -0.112.